The second-order valence-corrected chi connectivity index (χ2v) is 7.79. The number of rotatable bonds is 11. The van der Waals surface area contributed by atoms with E-state index in [1.807, 2.05) is 0 Å². The molecule has 2 nitrogen and oxygen atoms in total. The number of carbonyl (C=O) groups excluding carboxylic acids is 1. The average Bonchev–Trinajstić information content (AvgIpc) is 2.63. The van der Waals surface area contributed by atoms with Gasteiger partial charge in [-0.3, -0.25) is 0 Å². The van der Waals surface area contributed by atoms with Crippen molar-refractivity contribution in [3.63, 3.8) is 0 Å². The summed E-state index contributed by atoms with van der Waals surface area (Å²) in [4.78, 5) is 11.1. The first-order valence-corrected chi connectivity index (χ1v) is 9.01. The molecular formula is C13H7AlF19O2+. The topological polar surface area (TPSA) is 26.3 Å². The first-order valence-electron chi connectivity index (χ1n) is 7.96. The van der Waals surface area contributed by atoms with Crippen LogP contribution in [-0.2, 0) is 8.58 Å². The van der Waals surface area contributed by atoms with Gasteiger partial charge in [0.05, 0.1) is 0 Å². The Morgan fingerprint density at radius 2 is 0.771 bits per heavy atom. The van der Waals surface area contributed by atoms with Crippen LogP contribution in [0.4, 0.5) is 83.4 Å². The predicted molar refractivity (Wildman–Crippen MR) is 72.6 cm³/mol. The molecule has 35 heavy (non-hydrogen) atoms. The first-order chi connectivity index (χ1) is 14.8. The molecule has 0 saturated carbocycles. The van der Waals surface area contributed by atoms with E-state index in [2.05, 4.69) is 3.79 Å². The van der Waals surface area contributed by atoms with Crippen LogP contribution in [0.5, 0.6) is 0 Å². The van der Waals surface area contributed by atoms with Crippen molar-refractivity contribution in [1.29, 1.82) is 0 Å². The molecule has 0 rings (SSSR count). The van der Waals surface area contributed by atoms with Crippen LogP contribution >= 0.6 is 0 Å². The van der Waals surface area contributed by atoms with E-state index in [0.29, 0.717) is 0 Å². The summed E-state index contributed by atoms with van der Waals surface area (Å²) in [6.45, 7) is 1.83. The van der Waals surface area contributed by atoms with Gasteiger partial charge in [0, 0.05) is 0 Å². The van der Waals surface area contributed by atoms with Crippen LogP contribution in [0.25, 0.3) is 0 Å². The van der Waals surface area contributed by atoms with Crippen molar-refractivity contribution in [3.05, 3.63) is 0 Å². The van der Waals surface area contributed by atoms with Crippen molar-refractivity contribution in [2.24, 2.45) is 0 Å². The molecule has 0 aliphatic rings. The summed E-state index contributed by atoms with van der Waals surface area (Å²) in [7, 11) is 0. The van der Waals surface area contributed by atoms with Crippen molar-refractivity contribution in [2.75, 3.05) is 0 Å². The normalized spacial score (nSPS) is 15.9. The van der Waals surface area contributed by atoms with Crippen LogP contribution in [0, 0.1) is 0 Å². The van der Waals surface area contributed by atoms with Crippen molar-refractivity contribution in [2.45, 2.75) is 73.5 Å². The monoisotopic (exact) mass is 583 g/mol. The Labute approximate surface area is 186 Å². The number of alkyl halides is 19. The zero-order valence-electron chi connectivity index (χ0n) is 16.2. The van der Waals surface area contributed by atoms with Crippen LogP contribution in [-0.4, -0.2) is 79.9 Å². The summed E-state index contributed by atoms with van der Waals surface area (Å²) in [5.74, 6) is -68.0. The number of hydrogen-bond acceptors (Lipinski definition) is 2. The third-order valence-electron chi connectivity index (χ3n) is 3.87. The van der Waals surface area contributed by atoms with Gasteiger partial charge in [-0.25, -0.2) is 0 Å². The van der Waals surface area contributed by atoms with Crippen molar-refractivity contribution in [3.8, 4) is 0 Å². The maximum atomic E-state index is 13.6. The van der Waals surface area contributed by atoms with Crippen molar-refractivity contribution >= 4 is 20.2 Å². The fourth-order valence-electron chi connectivity index (χ4n) is 1.79. The van der Waals surface area contributed by atoms with Gasteiger partial charge in [-0.15, -0.1) is 0 Å². The third kappa shape index (κ3) is 4.66. The van der Waals surface area contributed by atoms with E-state index >= 15 is 0 Å². The van der Waals surface area contributed by atoms with Crippen LogP contribution < -0.4 is 0 Å². The van der Waals surface area contributed by atoms with E-state index < -0.39 is 79.9 Å². The molecule has 0 radical (unpaired) electrons. The van der Waals surface area contributed by atoms with E-state index in [1.165, 1.54) is 0 Å². The van der Waals surface area contributed by atoms with Crippen LogP contribution in [0.1, 0.15) is 13.8 Å². The Hall–Kier alpha value is -1.17. The zero-order valence-corrected chi connectivity index (χ0v) is 17.3. The maximum absolute atomic E-state index is 13.6. The van der Waals surface area contributed by atoms with Crippen LogP contribution in [0.3, 0.4) is 0 Å². The first kappa shape index (κ1) is 33.8. The standard InChI is InChI=1S/C10F19O.C3H7O.Al/c11-2(12,1-30)3(13,14)4(15,16)5(17,18)6(19,20)7(21,22)8(23,24)9(25,26)10(27,28)29;1-3(2)4;/h;3H,1-2H3;/q;-1;+2. The van der Waals surface area contributed by atoms with Crippen molar-refractivity contribution in [1.82, 2.24) is 0 Å². The second-order valence-electron chi connectivity index (χ2n) is 6.76. The van der Waals surface area contributed by atoms with E-state index in [9.17, 15) is 88.2 Å². The molecule has 0 aliphatic heterocycles. The SMILES string of the molecule is CC(C)[O][Al+][C](=O)C(F)(F)C(F)(F)C(F)(F)C(F)(F)C(F)(F)C(F)(F)C(F)(F)C(F)(F)C(F)(F)F. The molecule has 0 spiro atoms. The van der Waals surface area contributed by atoms with Crippen molar-refractivity contribution < 1.29 is 92.0 Å². The van der Waals surface area contributed by atoms with E-state index in [4.69, 9.17) is 0 Å². The quantitative estimate of drug-likeness (QED) is 0.214. The summed E-state index contributed by atoms with van der Waals surface area (Å²) in [5.41, 5.74) is 0. The van der Waals surface area contributed by atoms with Gasteiger partial charge in [0.25, 0.3) is 0 Å². The molecule has 0 N–H and O–H groups in total. The molecule has 0 aromatic heterocycles. The molecular weight excluding hydrogens is 576 g/mol. The second kappa shape index (κ2) is 8.99. The summed E-state index contributed by atoms with van der Waals surface area (Å²) in [6.07, 6.45) is -9.22. The molecule has 0 fully saturated rings. The van der Waals surface area contributed by atoms with Gasteiger partial charge in [0.1, 0.15) is 0 Å². The molecule has 22 heteroatoms. The van der Waals surface area contributed by atoms with Gasteiger partial charge < -0.3 is 0 Å². The van der Waals surface area contributed by atoms with Gasteiger partial charge >= 0.3 is 186 Å². The van der Waals surface area contributed by atoms with Crippen LogP contribution in [0.15, 0.2) is 0 Å². The minimum atomic E-state index is -9.01. The summed E-state index contributed by atoms with van der Waals surface area (Å²) in [6, 6.07) is 0. The average molecular weight is 583 g/mol. The molecule has 0 heterocycles. The molecule has 0 aromatic carbocycles. The molecule has 0 atom stereocenters. The van der Waals surface area contributed by atoms with Gasteiger partial charge in [0.15, 0.2) is 0 Å². The number of halogens is 19. The number of hydrogen-bond donors (Lipinski definition) is 0. The van der Waals surface area contributed by atoms with Gasteiger partial charge in [0.2, 0.25) is 0 Å². The summed E-state index contributed by atoms with van der Waals surface area (Å²) < 4.78 is 249. The van der Waals surface area contributed by atoms with Gasteiger partial charge in [-0.1, -0.05) is 0 Å². The van der Waals surface area contributed by atoms with E-state index in [-0.39, 0.29) is 0 Å². The Bertz CT molecular complexity index is 784. The van der Waals surface area contributed by atoms with Gasteiger partial charge in [-0.2, -0.15) is 0 Å². The fraction of sp³-hybridized carbons (Fsp3) is 0.923. The predicted octanol–water partition coefficient (Wildman–Crippen LogP) is 6.20. The fourth-order valence-corrected chi connectivity index (χ4v) is 2.51. The molecule has 0 amide bonds. The molecule has 0 saturated heterocycles. The van der Waals surface area contributed by atoms with Crippen LogP contribution in [0.2, 0.25) is 0 Å². The minimum absolute atomic E-state index is 0.916. The Kier molecular flexibility index (Phi) is 8.69. The molecule has 0 unspecified atom stereocenters. The van der Waals surface area contributed by atoms with E-state index in [1.54, 1.807) is 0 Å². The Morgan fingerprint density at radius 3 is 1.03 bits per heavy atom. The zero-order chi connectivity index (χ0) is 29.1. The molecule has 0 aliphatic carbocycles. The van der Waals surface area contributed by atoms with Gasteiger partial charge in [-0.05, 0) is 0 Å². The Balaban J connectivity index is 6.82. The third-order valence-corrected chi connectivity index (χ3v) is 5.13. The molecule has 0 aromatic rings. The molecule has 0 bridgehead atoms. The number of carbonyl (C=O) groups is 1. The van der Waals surface area contributed by atoms with E-state index in [0.717, 1.165) is 13.8 Å². The Morgan fingerprint density at radius 1 is 0.514 bits per heavy atom. The summed E-state index contributed by atoms with van der Waals surface area (Å²) in [5, 5.41) is 0. The summed E-state index contributed by atoms with van der Waals surface area (Å²) >= 11 is -3.17. The molecule has 206 valence electrons.